The van der Waals surface area contributed by atoms with Crippen LogP contribution in [-0.2, 0) is 9.53 Å². The zero-order valence-corrected chi connectivity index (χ0v) is 16.7. The van der Waals surface area contributed by atoms with Gasteiger partial charge in [-0.05, 0) is 61.0 Å². The van der Waals surface area contributed by atoms with Gasteiger partial charge in [0, 0.05) is 10.6 Å². The fourth-order valence-corrected chi connectivity index (χ4v) is 2.99. The Morgan fingerprint density at radius 1 is 1.03 bits per heavy atom. The lowest BCUT2D eigenvalue weighted by molar-refractivity contribution is -0.129. The van der Waals surface area contributed by atoms with Crippen LogP contribution in [0.3, 0.4) is 0 Å². The van der Waals surface area contributed by atoms with Gasteiger partial charge < -0.3 is 9.47 Å². The van der Waals surface area contributed by atoms with Crippen LogP contribution in [-0.4, -0.2) is 17.8 Å². The maximum Gasteiger partial charge on any atom is 0.363 e. The molecule has 0 bridgehead atoms. The number of carbonyl (C=O) groups is 2. The molecule has 6 heteroatoms. The first kappa shape index (κ1) is 19.6. The first-order chi connectivity index (χ1) is 14.5. The Morgan fingerprint density at radius 2 is 1.77 bits per heavy atom. The Kier molecular flexibility index (Phi) is 5.46. The first-order valence-electron chi connectivity index (χ1n) is 9.15. The number of cyclic esters (lactones) is 1. The van der Waals surface area contributed by atoms with Gasteiger partial charge in [0.05, 0.1) is 5.56 Å². The molecule has 5 nitrogen and oxygen atoms in total. The molecule has 0 N–H and O–H groups in total. The minimum absolute atomic E-state index is 0.175. The average molecular weight is 418 g/mol. The summed E-state index contributed by atoms with van der Waals surface area (Å²) in [6.07, 6.45) is 1.60. The number of aliphatic imine (C=N–C) groups is 1. The van der Waals surface area contributed by atoms with Crippen molar-refractivity contribution in [2.75, 3.05) is 0 Å². The van der Waals surface area contributed by atoms with E-state index in [9.17, 15) is 9.59 Å². The fraction of sp³-hybridized carbons (Fsp3) is 0.0417. The van der Waals surface area contributed by atoms with Crippen molar-refractivity contribution in [1.82, 2.24) is 0 Å². The maximum atomic E-state index is 12.2. The lowest BCUT2D eigenvalue weighted by Gasteiger charge is -2.05. The number of nitrogens with zero attached hydrogens (tertiary/aromatic N) is 1. The highest BCUT2D eigenvalue weighted by molar-refractivity contribution is 6.31. The molecule has 0 fully saturated rings. The zero-order chi connectivity index (χ0) is 21.1. The van der Waals surface area contributed by atoms with Crippen LogP contribution in [0, 0.1) is 6.92 Å². The highest BCUT2D eigenvalue weighted by Gasteiger charge is 2.24. The molecule has 3 aromatic rings. The molecule has 0 radical (unpaired) electrons. The van der Waals surface area contributed by atoms with E-state index >= 15 is 0 Å². The van der Waals surface area contributed by atoms with Crippen molar-refractivity contribution in [3.63, 3.8) is 0 Å². The third kappa shape index (κ3) is 4.47. The van der Waals surface area contributed by atoms with Crippen LogP contribution in [0.2, 0.25) is 5.02 Å². The number of esters is 2. The summed E-state index contributed by atoms with van der Waals surface area (Å²) in [5, 5.41) is 0.527. The van der Waals surface area contributed by atoms with E-state index < -0.39 is 11.9 Å². The number of aryl methyl sites for hydroxylation is 1. The molecule has 0 aliphatic carbocycles. The van der Waals surface area contributed by atoms with Gasteiger partial charge in [0.15, 0.2) is 5.70 Å². The number of benzene rings is 3. The summed E-state index contributed by atoms with van der Waals surface area (Å²) in [5.41, 5.74) is 3.05. The molecule has 30 heavy (non-hydrogen) atoms. The number of carbonyl (C=O) groups excluding carboxylic acids is 2. The van der Waals surface area contributed by atoms with E-state index in [1.165, 1.54) is 0 Å². The second-order valence-electron chi connectivity index (χ2n) is 6.67. The predicted octanol–water partition coefficient (Wildman–Crippen LogP) is 5.21. The Labute approximate surface area is 178 Å². The molecule has 0 atom stereocenters. The van der Waals surface area contributed by atoms with Crippen molar-refractivity contribution in [3.8, 4) is 5.75 Å². The van der Waals surface area contributed by atoms with E-state index in [0.717, 1.165) is 5.56 Å². The van der Waals surface area contributed by atoms with Crippen molar-refractivity contribution >= 4 is 35.5 Å². The molecule has 0 unspecified atom stereocenters. The molecule has 0 saturated carbocycles. The molecule has 0 spiro atoms. The molecule has 0 aromatic heterocycles. The Hall–Kier alpha value is -3.70. The van der Waals surface area contributed by atoms with Gasteiger partial charge in [0.25, 0.3) is 0 Å². The topological polar surface area (TPSA) is 65.0 Å². The summed E-state index contributed by atoms with van der Waals surface area (Å²) in [6, 6.07) is 20.8. The van der Waals surface area contributed by atoms with Gasteiger partial charge in [-0.15, -0.1) is 0 Å². The number of ether oxygens (including phenoxy) is 2. The standard InChI is InChI=1S/C24H16ClNO4/c1-15-5-9-17(10-6-15)23(27)29-20-11-7-16(8-12-20)13-21-24(28)30-22(26-21)18-3-2-4-19(25)14-18/h2-14H,1H3/b21-13-. The Balaban J connectivity index is 1.48. The van der Waals surface area contributed by atoms with Crippen molar-refractivity contribution in [2.24, 2.45) is 4.99 Å². The molecule has 1 aliphatic heterocycles. The lowest BCUT2D eigenvalue weighted by atomic mass is 10.1. The smallest absolute Gasteiger partial charge is 0.363 e. The van der Waals surface area contributed by atoms with Gasteiger partial charge in [-0.1, -0.05) is 47.5 Å². The third-order valence-electron chi connectivity index (χ3n) is 4.37. The Morgan fingerprint density at radius 3 is 2.47 bits per heavy atom. The van der Waals surface area contributed by atoms with Crippen molar-refractivity contribution < 1.29 is 19.1 Å². The van der Waals surface area contributed by atoms with Crippen LogP contribution in [0.25, 0.3) is 6.08 Å². The SMILES string of the molecule is Cc1ccc(C(=O)Oc2ccc(/C=C3\N=C(c4cccc(Cl)c4)OC3=O)cc2)cc1. The van der Waals surface area contributed by atoms with E-state index in [0.29, 0.717) is 27.5 Å². The monoisotopic (exact) mass is 417 g/mol. The van der Waals surface area contributed by atoms with Gasteiger partial charge in [0.1, 0.15) is 5.75 Å². The van der Waals surface area contributed by atoms with Crippen LogP contribution in [0.15, 0.2) is 83.5 Å². The number of rotatable bonds is 4. The molecule has 148 valence electrons. The van der Waals surface area contributed by atoms with E-state index in [-0.39, 0.29) is 11.6 Å². The molecule has 3 aromatic carbocycles. The summed E-state index contributed by atoms with van der Waals surface area (Å²) < 4.78 is 10.6. The van der Waals surface area contributed by atoms with Gasteiger partial charge in [-0.3, -0.25) is 0 Å². The summed E-state index contributed by atoms with van der Waals surface area (Å²) in [4.78, 5) is 28.6. The molecule has 4 rings (SSSR count). The van der Waals surface area contributed by atoms with E-state index in [1.807, 2.05) is 19.1 Å². The van der Waals surface area contributed by atoms with Crippen LogP contribution in [0.4, 0.5) is 0 Å². The zero-order valence-electron chi connectivity index (χ0n) is 16.0. The van der Waals surface area contributed by atoms with E-state index in [1.54, 1.807) is 66.7 Å². The molecular formula is C24H16ClNO4. The molecule has 0 saturated heterocycles. The molecule has 1 aliphatic rings. The maximum absolute atomic E-state index is 12.2. The van der Waals surface area contributed by atoms with Gasteiger partial charge in [-0.2, -0.15) is 0 Å². The molecule has 1 heterocycles. The van der Waals surface area contributed by atoms with E-state index in [4.69, 9.17) is 21.1 Å². The minimum Gasteiger partial charge on any atom is -0.423 e. The number of halogens is 1. The molecule has 0 amide bonds. The highest BCUT2D eigenvalue weighted by atomic mass is 35.5. The van der Waals surface area contributed by atoms with E-state index in [2.05, 4.69) is 4.99 Å². The quantitative estimate of drug-likeness (QED) is 0.332. The van der Waals surface area contributed by atoms with Crippen LogP contribution < -0.4 is 4.74 Å². The van der Waals surface area contributed by atoms with Crippen molar-refractivity contribution in [1.29, 1.82) is 0 Å². The summed E-state index contributed by atoms with van der Waals surface area (Å²) in [5.74, 6) is -0.367. The normalized spacial score (nSPS) is 14.4. The fourth-order valence-electron chi connectivity index (χ4n) is 2.80. The lowest BCUT2D eigenvalue weighted by Crippen LogP contribution is -2.08. The van der Waals surface area contributed by atoms with Crippen LogP contribution in [0.1, 0.15) is 27.0 Å². The summed E-state index contributed by atoms with van der Waals surface area (Å²) in [6.45, 7) is 1.95. The van der Waals surface area contributed by atoms with Crippen molar-refractivity contribution in [2.45, 2.75) is 6.92 Å². The largest absolute Gasteiger partial charge is 0.423 e. The second-order valence-corrected chi connectivity index (χ2v) is 7.11. The van der Waals surface area contributed by atoms with Gasteiger partial charge in [0.2, 0.25) is 5.90 Å². The molecular weight excluding hydrogens is 402 g/mol. The summed E-state index contributed by atoms with van der Waals surface area (Å²) >= 11 is 5.98. The predicted molar refractivity (Wildman–Crippen MR) is 115 cm³/mol. The highest BCUT2D eigenvalue weighted by Crippen LogP contribution is 2.22. The first-order valence-corrected chi connectivity index (χ1v) is 9.53. The van der Waals surface area contributed by atoms with Crippen LogP contribution in [0.5, 0.6) is 5.75 Å². The average Bonchev–Trinajstić information content (AvgIpc) is 3.10. The second kappa shape index (κ2) is 8.35. The van der Waals surface area contributed by atoms with Crippen LogP contribution >= 0.6 is 11.6 Å². The number of hydrogen-bond donors (Lipinski definition) is 0. The third-order valence-corrected chi connectivity index (χ3v) is 4.61. The van der Waals surface area contributed by atoms with Gasteiger partial charge >= 0.3 is 11.9 Å². The van der Waals surface area contributed by atoms with Gasteiger partial charge in [-0.25, -0.2) is 14.6 Å². The summed E-state index contributed by atoms with van der Waals surface area (Å²) in [7, 11) is 0. The number of hydrogen-bond acceptors (Lipinski definition) is 5. The van der Waals surface area contributed by atoms with Crippen molar-refractivity contribution in [3.05, 3.63) is 106 Å². The Bertz CT molecular complexity index is 1180. The minimum atomic E-state index is -0.542.